The molecular formula is C54H97N19O15. The zero-order valence-electron chi connectivity index (χ0n) is 63.4. The second-order valence-corrected chi connectivity index (χ2v) is 17.6. The van der Waals surface area contributed by atoms with Crippen LogP contribution in [0.5, 0.6) is 0 Å². The summed E-state index contributed by atoms with van der Waals surface area (Å²) in [4.78, 5) is 99.0. The third-order valence-corrected chi connectivity index (χ3v) is 10.1. The van der Waals surface area contributed by atoms with E-state index in [0.29, 0.717) is 50.0 Å². The number of aliphatic carboxylic acids is 6. The number of aldehydes is 2. The van der Waals surface area contributed by atoms with Crippen LogP contribution in [0.25, 0.3) is 10.9 Å². The molecule has 34 nitrogen and oxygen atoms in total. The molecule has 0 radical (unpaired) electrons. The molecule has 37 N–H and O–H groups in total. The number of aliphatic hydroxyl groups is 1. The number of nitrogens with zero attached hydrogens (tertiary/aromatic N) is 3. The fourth-order valence-corrected chi connectivity index (χ4v) is 5.26. The summed E-state index contributed by atoms with van der Waals surface area (Å²) in [6.45, 7) is -1.67. The standard InChI is InChI=1S/C11H12N2O2.C9H11NO2.C6H14N4O2.C6H14N4O.C6H9N3O2.C6H14N2O2.C6H14N2O.C4H9NO3/c12-9(11(14)15)5-7-6-13-10-4-2-1-3-8(7)10;10-8(9(11)12)6-7-4-2-1-3-5-7;7-4(5(11)12)2-1-3-10-6(8)9;7-5(4-11)2-1-3-10-6(8)9;7-5(6(10)11)1-4-2-8-3-9-4;7-4-2-1-3-5(8)6(9)10;7-4-2-1-3-6(8)5-9;1-2(6)3(5)4(7)8/h1-4,6,9,13H,5,12H2,(H,14,15);1-5,8H,6,10H2,(H,11,12);4H,1-3,7H2,(H,11,12)(H4,8,9,10);4-5H,1-3,7H2,(H4,8,9,10);2-3,5H,1,7H2,(H,8,9)(H,10,11);5H,1-4,7-8H2,(H,9,10);5-6H,1-4,7-8H2;2-3,6H,5H2,1H3,(H,7,8)/t9-;8-;4-;3*5-;6-;2?,3-/m00000000/s1/i6D;2D,3D,4D,5D;3D2;4D;3D;4D2;5D;2D/hD2. The Labute approximate surface area is 531 Å². The number of benzene rings is 2. The van der Waals surface area contributed by atoms with Crippen LogP contribution in [-0.4, -0.2) is 191 Å². The number of carboxylic acids is 6. The number of rotatable bonds is 33. The first kappa shape index (κ1) is 59.8. The summed E-state index contributed by atoms with van der Waals surface area (Å²) in [6.07, 6.45) is 1.94. The van der Waals surface area contributed by atoms with Gasteiger partial charge in [0.05, 0.1) is 41.1 Å². The maximum Gasteiger partial charge on any atom is 0.323 e. The first-order valence-corrected chi connectivity index (χ1v) is 26.0. The molecule has 2 aromatic heterocycles. The summed E-state index contributed by atoms with van der Waals surface area (Å²) >= 11 is 0. The largest absolute Gasteiger partial charge is 0.480 e. The van der Waals surface area contributed by atoms with E-state index in [4.69, 9.17) is 125 Å². The second kappa shape index (κ2) is 53.9. The molecule has 4 aromatic rings. The average Bonchev–Trinajstić information content (AvgIpc) is 1.75. The lowest BCUT2D eigenvalue weighted by Crippen LogP contribution is -2.39. The van der Waals surface area contributed by atoms with Crippen LogP contribution < -0.4 is 80.3 Å². The topological polar surface area (TPSA) is 712 Å². The molecule has 498 valence electrons. The minimum atomic E-state index is -2.09. The van der Waals surface area contributed by atoms with E-state index in [1.165, 1.54) is 6.20 Å². The maximum absolute atomic E-state index is 10.7. The number of aromatic nitrogens is 3. The molecule has 9 atom stereocenters. The van der Waals surface area contributed by atoms with Crippen LogP contribution in [0.15, 0.2) is 83.2 Å². The van der Waals surface area contributed by atoms with Gasteiger partial charge in [0.15, 0.2) is 11.9 Å². The normalized spacial score (nSPS) is 16.1. The highest BCUT2D eigenvalue weighted by Gasteiger charge is 2.17. The van der Waals surface area contributed by atoms with Gasteiger partial charge in [-0.05, 0) is 94.9 Å². The molecule has 0 aliphatic heterocycles. The number of nitrogens with two attached hydrogens (primary N) is 14. The number of unbranched alkanes of at least 4 members (excludes halogenated alkanes) is 1. The molecule has 0 aliphatic rings. The van der Waals surface area contributed by atoms with Gasteiger partial charge in [-0.3, -0.25) is 38.8 Å². The van der Waals surface area contributed by atoms with E-state index in [0.717, 1.165) is 36.7 Å². The molecule has 0 spiro atoms. The van der Waals surface area contributed by atoms with Gasteiger partial charge in [0, 0.05) is 51.9 Å². The number of aromatic amines is 2. The van der Waals surface area contributed by atoms with Crippen LogP contribution in [0.4, 0.5) is 0 Å². The molecule has 0 fully saturated rings. The van der Waals surface area contributed by atoms with Crippen molar-refractivity contribution in [2.45, 2.75) is 145 Å². The Balaban J connectivity index is -0.000000547. The third-order valence-electron chi connectivity index (χ3n) is 10.1. The number of fused-ring (bicyclic) bond motifs is 1. The fraction of sp³-hybridized carbons (Fsp3) is 0.500. The van der Waals surface area contributed by atoms with E-state index in [-0.39, 0.29) is 99.1 Å². The van der Waals surface area contributed by atoms with Crippen molar-refractivity contribution in [1.82, 2.24) is 15.0 Å². The first-order chi connectivity index (χ1) is 47.2. The molecule has 0 saturated heterocycles. The lowest BCUT2D eigenvalue weighted by molar-refractivity contribution is -0.141. The average molecular weight is 1270 g/mol. The molecule has 0 bridgehead atoms. The molecule has 88 heavy (non-hydrogen) atoms. The third kappa shape index (κ3) is 50.7. The zero-order chi connectivity index (χ0) is 81.0. The summed E-state index contributed by atoms with van der Waals surface area (Å²) < 4.78 is 107. The number of carbonyl (C=O) groups excluding carboxylic acids is 2. The van der Waals surface area contributed by atoms with Crippen molar-refractivity contribution in [1.29, 1.82) is 0 Å². The van der Waals surface area contributed by atoms with E-state index in [1.54, 1.807) is 0 Å². The molecule has 2 heterocycles. The number of hydrogen-bond donors (Lipinski definition) is 23. The highest BCUT2D eigenvalue weighted by atomic mass is 16.4. The van der Waals surface area contributed by atoms with Crippen molar-refractivity contribution in [3.05, 3.63) is 90.0 Å². The highest BCUT2D eigenvalue weighted by molar-refractivity contribution is 5.84. The number of hydrogen-bond acceptors (Lipinski definition) is 22. The Morgan fingerprint density at radius 1 is 0.659 bits per heavy atom. The van der Waals surface area contributed by atoms with Crippen LogP contribution in [0.3, 0.4) is 0 Å². The Morgan fingerprint density at radius 2 is 1.15 bits per heavy atom. The summed E-state index contributed by atoms with van der Waals surface area (Å²) in [6, 6.07) is -0.454. The number of para-hydroxylation sites is 1. The predicted octanol–water partition coefficient (Wildman–Crippen LogP) is -3.91. The molecule has 0 amide bonds. The molecule has 2 aromatic carbocycles. The quantitative estimate of drug-likeness (QED) is 0.00938. The van der Waals surface area contributed by atoms with Gasteiger partial charge < -0.3 is 136 Å². The van der Waals surface area contributed by atoms with Crippen molar-refractivity contribution < 1.29 is 94.7 Å². The van der Waals surface area contributed by atoms with Crippen molar-refractivity contribution in [3.8, 4) is 0 Å². The van der Waals surface area contributed by atoms with Crippen LogP contribution in [0.1, 0.15) is 106 Å². The Morgan fingerprint density at radius 3 is 1.58 bits per heavy atom. The summed E-state index contributed by atoms with van der Waals surface area (Å²) in [5.41, 5.74) is 67.7. The van der Waals surface area contributed by atoms with E-state index in [9.17, 15) is 38.4 Å². The monoisotopic (exact) mass is 1270 g/mol. The number of aliphatic imine (C=N–C) groups is 2. The molecule has 0 saturated carbocycles. The number of H-pyrrole nitrogens is 2. The summed E-state index contributed by atoms with van der Waals surface area (Å²) in [5, 5.41) is 60.2. The minimum absolute atomic E-state index is 0.00702. The van der Waals surface area contributed by atoms with E-state index in [2.05, 4.69) is 24.9 Å². The van der Waals surface area contributed by atoms with Gasteiger partial charge in [0.2, 0.25) is 0 Å². The SMILES string of the molecule is [2H]C(C)(O)[C@H](N)C(=O)O.[2H]C([2H])(CC[C@H](N)C(=O)O)N=C(N)N.[2H]C([2H])(N)CCC[C@H](N)C(=O)O.[2H]N[C@@H](CCCCN)C([2H])=O.[2H]N[C@@H](CCCN=C(N)N)C([2H])=O.[2H]c1[nH]c2ccccc2c1C[C@H](N)C(=O)O.[2H]c1cc([2H])c([2H])c(C[C@H](N)C(=O)O)c1[2H].[2H]c1nc(C[C@H](N)C(=O)O)c[nH]1. The molecule has 0 aliphatic carbocycles. The van der Waals surface area contributed by atoms with Crippen molar-refractivity contribution in [2.24, 2.45) is 90.2 Å². The Bertz CT molecular complexity index is 3290. The van der Waals surface area contributed by atoms with Crippen LogP contribution in [0, 0.1) is 0 Å². The Hall–Kier alpha value is -8.55. The number of nitrogens with one attached hydrogen (secondary N) is 2. The second-order valence-electron chi connectivity index (χ2n) is 17.6. The number of carbonyl (C=O) groups is 8. The van der Waals surface area contributed by atoms with Crippen LogP contribution >= 0.6 is 0 Å². The highest BCUT2D eigenvalue weighted by Crippen LogP contribution is 2.18. The molecule has 1 unspecified atom stereocenters. The zero-order valence-corrected chi connectivity index (χ0v) is 48.4. The van der Waals surface area contributed by atoms with Gasteiger partial charge in [0.25, 0.3) is 0 Å². The number of guanidine groups is 2. The lowest BCUT2D eigenvalue weighted by atomic mass is 10.1. The van der Waals surface area contributed by atoms with Crippen LogP contribution in [-0.2, 0) is 57.6 Å². The van der Waals surface area contributed by atoms with Gasteiger partial charge in [-0.1, -0.05) is 61.3 Å². The first-order valence-electron chi connectivity index (χ1n) is 33.5. The van der Waals surface area contributed by atoms with E-state index >= 15 is 0 Å². The predicted molar refractivity (Wildman–Crippen MR) is 333 cm³/mol. The number of carboxylic acid groups (broad SMARTS) is 6. The van der Waals surface area contributed by atoms with E-state index in [1.807, 2.05) is 35.7 Å². The van der Waals surface area contributed by atoms with Gasteiger partial charge in [0.1, 0.15) is 55.7 Å². The van der Waals surface area contributed by atoms with Crippen LogP contribution in [0.2, 0.25) is 2.82 Å². The summed E-state index contributed by atoms with van der Waals surface area (Å²) in [7, 11) is 0. The van der Waals surface area contributed by atoms with Gasteiger partial charge in [-0.15, -0.1) is 0 Å². The van der Waals surface area contributed by atoms with Crippen molar-refractivity contribution in [3.63, 3.8) is 0 Å². The van der Waals surface area contributed by atoms with Crippen molar-refractivity contribution in [2.75, 3.05) is 26.1 Å². The van der Waals surface area contributed by atoms with Gasteiger partial charge in [-0.25, -0.2) is 4.98 Å². The molecule has 4 rings (SSSR count). The minimum Gasteiger partial charge on any atom is -0.480 e. The smallest absolute Gasteiger partial charge is 0.323 e. The van der Waals surface area contributed by atoms with Crippen molar-refractivity contribution >= 4 is 71.2 Å². The Kier molecular flexibility index (Phi) is 36.6. The van der Waals surface area contributed by atoms with Gasteiger partial charge in [-0.2, -0.15) is 0 Å². The lowest BCUT2D eigenvalue weighted by Gasteiger charge is -2.06. The maximum atomic E-state index is 10.7. The van der Waals surface area contributed by atoms with E-state index < -0.39 is 116 Å². The van der Waals surface area contributed by atoms with Gasteiger partial charge >= 0.3 is 35.8 Å². The summed E-state index contributed by atoms with van der Waals surface area (Å²) in [5.74, 6) is -7.34. The molecule has 34 heteroatoms. The number of imidazole rings is 1. The molecular weight excluding hydrogens is 1150 g/mol. The fourth-order valence-electron chi connectivity index (χ4n) is 5.26.